The minimum atomic E-state index is -3.65. The van der Waals surface area contributed by atoms with Gasteiger partial charge in [-0.15, -0.1) is 0 Å². The van der Waals surface area contributed by atoms with E-state index in [1.165, 1.54) is 12.1 Å². The lowest BCUT2D eigenvalue weighted by molar-refractivity contribution is 0.597. The number of pyridine rings is 1. The lowest BCUT2D eigenvalue weighted by Gasteiger charge is -2.17. The summed E-state index contributed by atoms with van der Waals surface area (Å²) in [6, 6.07) is 10.5. The molecule has 21 heavy (non-hydrogen) atoms. The van der Waals surface area contributed by atoms with E-state index in [2.05, 4.69) is 10.3 Å². The van der Waals surface area contributed by atoms with Crippen LogP contribution in [-0.4, -0.2) is 13.4 Å². The van der Waals surface area contributed by atoms with E-state index in [0.29, 0.717) is 0 Å². The van der Waals surface area contributed by atoms with E-state index in [4.69, 9.17) is 5.14 Å². The van der Waals surface area contributed by atoms with Gasteiger partial charge in [0.05, 0.1) is 16.3 Å². The topological polar surface area (TPSA) is 85.1 Å². The van der Waals surface area contributed by atoms with E-state index in [1.54, 1.807) is 12.1 Å². The van der Waals surface area contributed by atoms with Gasteiger partial charge < -0.3 is 5.32 Å². The molecule has 2 aromatic rings. The van der Waals surface area contributed by atoms with Crippen LogP contribution in [-0.2, 0) is 10.0 Å². The van der Waals surface area contributed by atoms with Crippen molar-refractivity contribution in [1.29, 1.82) is 0 Å². The number of anilines is 1. The Morgan fingerprint density at radius 2 is 1.71 bits per heavy atom. The summed E-state index contributed by atoms with van der Waals surface area (Å²) in [5.41, 5.74) is 3.84. The second-order valence-electron chi connectivity index (χ2n) is 5.07. The first-order valence-electron chi connectivity index (χ1n) is 6.61. The van der Waals surface area contributed by atoms with Crippen LogP contribution in [0.15, 0.2) is 41.3 Å². The van der Waals surface area contributed by atoms with E-state index in [9.17, 15) is 8.42 Å². The molecular weight excluding hydrogens is 286 g/mol. The third-order valence-electron chi connectivity index (χ3n) is 3.31. The summed E-state index contributed by atoms with van der Waals surface area (Å²) >= 11 is 0. The second kappa shape index (κ2) is 5.83. The van der Waals surface area contributed by atoms with E-state index in [0.717, 1.165) is 22.6 Å². The molecule has 0 saturated heterocycles. The quantitative estimate of drug-likeness (QED) is 0.909. The Labute approximate surface area is 125 Å². The molecule has 112 valence electrons. The van der Waals surface area contributed by atoms with Gasteiger partial charge >= 0.3 is 0 Å². The molecule has 3 N–H and O–H groups in total. The standard InChI is InChI=1S/C15H19N3O2S/c1-10-4-9-15(12(3)17-10)18-11(2)13-5-7-14(8-6-13)21(16,19)20/h4-9,11,18H,1-3H3,(H2,16,19,20). The number of hydrogen-bond donors (Lipinski definition) is 2. The fraction of sp³-hybridized carbons (Fsp3) is 0.267. The first kappa shape index (κ1) is 15.5. The summed E-state index contributed by atoms with van der Waals surface area (Å²) in [6.07, 6.45) is 0. The highest BCUT2D eigenvalue weighted by Gasteiger charge is 2.11. The Bertz CT molecular complexity index is 740. The maximum Gasteiger partial charge on any atom is 0.238 e. The van der Waals surface area contributed by atoms with E-state index < -0.39 is 10.0 Å². The van der Waals surface area contributed by atoms with Crippen LogP contribution in [0.2, 0.25) is 0 Å². The number of nitrogens with two attached hydrogens (primary N) is 1. The summed E-state index contributed by atoms with van der Waals surface area (Å²) in [7, 11) is -3.65. The van der Waals surface area contributed by atoms with Gasteiger partial charge in [-0.2, -0.15) is 0 Å². The molecule has 5 nitrogen and oxygen atoms in total. The number of hydrogen-bond acceptors (Lipinski definition) is 4. The lowest BCUT2D eigenvalue weighted by atomic mass is 10.1. The zero-order valence-electron chi connectivity index (χ0n) is 12.3. The fourth-order valence-electron chi connectivity index (χ4n) is 2.10. The zero-order valence-corrected chi connectivity index (χ0v) is 13.1. The molecule has 2 rings (SSSR count). The van der Waals surface area contributed by atoms with Crippen LogP contribution < -0.4 is 10.5 Å². The third-order valence-corrected chi connectivity index (χ3v) is 4.23. The van der Waals surface area contributed by atoms with Crippen molar-refractivity contribution in [2.75, 3.05) is 5.32 Å². The van der Waals surface area contributed by atoms with Crippen LogP contribution in [0.4, 0.5) is 5.69 Å². The molecule has 1 aromatic heterocycles. The molecule has 0 aliphatic heterocycles. The van der Waals surface area contributed by atoms with Gasteiger partial charge in [0.2, 0.25) is 10.0 Å². The molecule has 0 amide bonds. The van der Waals surface area contributed by atoms with Crippen LogP contribution in [0.25, 0.3) is 0 Å². The normalized spacial score (nSPS) is 13.0. The largest absolute Gasteiger partial charge is 0.377 e. The summed E-state index contributed by atoms with van der Waals surface area (Å²) in [6.45, 7) is 5.91. The average Bonchev–Trinajstić information content (AvgIpc) is 2.41. The molecule has 1 atom stereocenters. The first-order chi connectivity index (χ1) is 9.77. The van der Waals surface area contributed by atoms with Crippen molar-refractivity contribution < 1.29 is 8.42 Å². The maximum absolute atomic E-state index is 11.2. The van der Waals surface area contributed by atoms with Crippen molar-refractivity contribution in [2.24, 2.45) is 5.14 Å². The average molecular weight is 305 g/mol. The number of primary sulfonamides is 1. The smallest absolute Gasteiger partial charge is 0.238 e. The Morgan fingerprint density at radius 1 is 1.10 bits per heavy atom. The van der Waals surface area contributed by atoms with E-state index in [1.807, 2.05) is 32.9 Å². The van der Waals surface area contributed by atoms with Gasteiger partial charge in [0, 0.05) is 11.7 Å². The number of benzene rings is 1. The van der Waals surface area contributed by atoms with Crippen molar-refractivity contribution in [1.82, 2.24) is 4.98 Å². The molecule has 0 bridgehead atoms. The Hall–Kier alpha value is -1.92. The molecule has 0 aliphatic carbocycles. The van der Waals surface area contributed by atoms with Crippen LogP contribution in [0.5, 0.6) is 0 Å². The van der Waals surface area contributed by atoms with Crippen LogP contribution in [0.3, 0.4) is 0 Å². The molecule has 6 heteroatoms. The number of nitrogens with one attached hydrogen (secondary N) is 1. The SMILES string of the molecule is Cc1ccc(NC(C)c2ccc(S(N)(=O)=O)cc2)c(C)n1. The predicted molar refractivity (Wildman–Crippen MR) is 83.6 cm³/mol. The Morgan fingerprint density at radius 3 is 2.24 bits per heavy atom. The van der Waals surface area contributed by atoms with Gasteiger partial charge in [-0.1, -0.05) is 12.1 Å². The van der Waals surface area contributed by atoms with Gasteiger partial charge in [-0.25, -0.2) is 13.6 Å². The third kappa shape index (κ3) is 3.80. The summed E-state index contributed by atoms with van der Waals surface area (Å²) < 4.78 is 22.5. The molecular formula is C15H19N3O2S. The molecule has 0 spiro atoms. The van der Waals surface area contributed by atoms with Crippen molar-refractivity contribution in [2.45, 2.75) is 31.7 Å². The van der Waals surface area contributed by atoms with Crippen LogP contribution in [0.1, 0.15) is 29.9 Å². The highest BCUT2D eigenvalue weighted by molar-refractivity contribution is 7.89. The predicted octanol–water partition coefficient (Wildman–Crippen LogP) is 2.52. The van der Waals surface area contributed by atoms with E-state index in [-0.39, 0.29) is 10.9 Å². The van der Waals surface area contributed by atoms with Gasteiger partial charge in [-0.3, -0.25) is 4.98 Å². The van der Waals surface area contributed by atoms with Gasteiger partial charge in [0.25, 0.3) is 0 Å². The number of sulfonamides is 1. The van der Waals surface area contributed by atoms with Gasteiger partial charge in [0.15, 0.2) is 0 Å². The number of aryl methyl sites for hydroxylation is 2. The molecule has 0 saturated carbocycles. The summed E-state index contributed by atoms with van der Waals surface area (Å²) in [5, 5.41) is 8.46. The molecule has 1 aromatic carbocycles. The monoisotopic (exact) mass is 305 g/mol. The van der Waals surface area contributed by atoms with Gasteiger partial charge in [-0.05, 0) is 50.6 Å². The maximum atomic E-state index is 11.2. The minimum Gasteiger partial charge on any atom is -0.377 e. The van der Waals surface area contributed by atoms with Crippen LogP contribution in [0, 0.1) is 13.8 Å². The number of nitrogens with zero attached hydrogens (tertiary/aromatic N) is 1. The molecule has 1 heterocycles. The first-order valence-corrected chi connectivity index (χ1v) is 8.15. The highest BCUT2D eigenvalue weighted by atomic mass is 32.2. The zero-order chi connectivity index (χ0) is 15.6. The number of rotatable bonds is 4. The van der Waals surface area contributed by atoms with E-state index >= 15 is 0 Å². The lowest BCUT2D eigenvalue weighted by Crippen LogP contribution is -2.13. The van der Waals surface area contributed by atoms with Crippen LogP contribution >= 0.6 is 0 Å². The molecule has 0 aliphatic rings. The highest BCUT2D eigenvalue weighted by Crippen LogP contribution is 2.22. The summed E-state index contributed by atoms with van der Waals surface area (Å²) in [5.74, 6) is 0. The minimum absolute atomic E-state index is 0.0303. The molecule has 0 fully saturated rings. The fourth-order valence-corrected chi connectivity index (χ4v) is 2.62. The second-order valence-corrected chi connectivity index (χ2v) is 6.63. The summed E-state index contributed by atoms with van der Waals surface area (Å²) in [4.78, 5) is 4.53. The molecule has 1 unspecified atom stereocenters. The van der Waals surface area contributed by atoms with Crippen molar-refractivity contribution in [3.8, 4) is 0 Å². The van der Waals surface area contributed by atoms with Crippen molar-refractivity contribution in [3.63, 3.8) is 0 Å². The van der Waals surface area contributed by atoms with Crippen molar-refractivity contribution >= 4 is 15.7 Å². The molecule has 0 radical (unpaired) electrons. The van der Waals surface area contributed by atoms with Gasteiger partial charge in [0.1, 0.15) is 0 Å². The number of aromatic nitrogens is 1. The van der Waals surface area contributed by atoms with Crippen molar-refractivity contribution in [3.05, 3.63) is 53.3 Å². The Kier molecular flexibility index (Phi) is 4.29. The Balaban J connectivity index is 2.18.